The van der Waals surface area contributed by atoms with Gasteiger partial charge in [-0.05, 0) is 43.2 Å². The number of Topliss-reactive ketones (excluding diaryl/α,β-unsaturated/α-hetero) is 1. The molecule has 3 aromatic rings. The smallest absolute Gasteiger partial charge is 0.244 e. The molecule has 5 heteroatoms. The molecule has 1 heterocycles. The van der Waals surface area contributed by atoms with Crippen molar-refractivity contribution >= 4 is 11.7 Å². The third kappa shape index (κ3) is 3.80. The lowest BCUT2D eigenvalue weighted by atomic mass is 9.64. The largest absolute Gasteiger partial charge is 0.369 e. The summed E-state index contributed by atoms with van der Waals surface area (Å²) < 4.78 is 4.20. The number of imidazole rings is 1. The van der Waals surface area contributed by atoms with Crippen LogP contribution in [-0.4, -0.2) is 16.3 Å². The van der Waals surface area contributed by atoms with Crippen LogP contribution in [0.4, 0.5) is 0 Å². The van der Waals surface area contributed by atoms with Gasteiger partial charge in [-0.3, -0.25) is 9.59 Å². The number of aryl methyl sites for hydroxylation is 1. The van der Waals surface area contributed by atoms with Gasteiger partial charge in [0.1, 0.15) is 29.9 Å². The Hall–Kier alpha value is -3.21. The van der Waals surface area contributed by atoms with Gasteiger partial charge >= 0.3 is 0 Å². The molecule has 2 aromatic carbocycles. The van der Waals surface area contributed by atoms with Gasteiger partial charge in [0.05, 0.1) is 0 Å². The van der Waals surface area contributed by atoms with E-state index in [0.29, 0.717) is 6.54 Å². The van der Waals surface area contributed by atoms with Crippen LogP contribution in [0.15, 0.2) is 73.2 Å². The van der Waals surface area contributed by atoms with Crippen LogP contribution in [0.25, 0.3) is 0 Å². The number of ketones is 1. The van der Waals surface area contributed by atoms with E-state index >= 15 is 0 Å². The number of nitrogens with zero attached hydrogens (tertiary/aromatic N) is 2. The Balaban J connectivity index is 1.73. The highest BCUT2D eigenvalue weighted by Gasteiger charge is 2.50. The molecule has 2 atom stereocenters. The number of benzene rings is 2. The number of hydrogen-bond donors (Lipinski definition) is 1. The van der Waals surface area contributed by atoms with Crippen molar-refractivity contribution in [3.8, 4) is 0 Å². The zero-order valence-electron chi connectivity index (χ0n) is 18.2. The quantitative estimate of drug-likeness (QED) is 0.599. The van der Waals surface area contributed by atoms with E-state index in [0.717, 1.165) is 36.1 Å². The lowest BCUT2D eigenvalue weighted by molar-refractivity contribution is -0.721. The first-order valence-corrected chi connectivity index (χ1v) is 10.9. The van der Waals surface area contributed by atoms with Crippen molar-refractivity contribution in [3.63, 3.8) is 0 Å². The average molecular weight is 417 g/mol. The maximum absolute atomic E-state index is 13.2. The predicted octanol–water partition coefficient (Wildman–Crippen LogP) is 3.49. The summed E-state index contributed by atoms with van der Waals surface area (Å²) in [5.74, 6) is -0.0781. The first-order chi connectivity index (χ1) is 14.9. The summed E-state index contributed by atoms with van der Waals surface area (Å²) in [6, 6.07) is 20.2. The second kappa shape index (κ2) is 8.50. The molecule has 1 saturated carbocycles. The van der Waals surface area contributed by atoms with Gasteiger partial charge in [0.25, 0.3) is 0 Å². The Labute approximate surface area is 183 Å². The monoisotopic (exact) mass is 416 g/mol. The van der Waals surface area contributed by atoms with Crippen molar-refractivity contribution in [2.24, 2.45) is 11.7 Å². The molecule has 0 unspecified atom stereocenters. The van der Waals surface area contributed by atoms with E-state index in [4.69, 9.17) is 5.73 Å². The van der Waals surface area contributed by atoms with Crippen LogP contribution >= 0.6 is 0 Å². The molecule has 0 radical (unpaired) electrons. The fraction of sp³-hybridized carbons (Fsp3) is 0.346. The lowest BCUT2D eigenvalue weighted by Crippen LogP contribution is -2.48. The standard InChI is InChI=1S/C26H29N3O2/c1-19-16-29(18-28(19)17-20(2)30)24-14-13-23(15-24)26(25(27)31,21-9-5-3-6-10-21)22-11-7-4-8-12-22/h3-12,16,18,23-24H,13-15,17H2,1-2H3,(H-,27,31)/p+1/t23-,24-/m0/s1. The minimum Gasteiger partial charge on any atom is -0.369 e. The van der Waals surface area contributed by atoms with Gasteiger partial charge < -0.3 is 5.73 Å². The van der Waals surface area contributed by atoms with Crippen molar-refractivity contribution in [3.05, 3.63) is 90.0 Å². The van der Waals surface area contributed by atoms with Crippen LogP contribution in [-0.2, 0) is 21.5 Å². The molecular formula is C26H30N3O2+. The highest BCUT2D eigenvalue weighted by Crippen LogP contribution is 2.48. The molecule has 0 aliphatic heterocycles. The number of nitrogens with two attached hydrogens (primary N) is 1. The zero-order chi connectivity index (χ0) is 22.0. The maximum Gasteiger partial charge on any atom is 0.244 e. The third-order valence-corrected chi connectivity index (χ3v) is 6.74. The van der Waals surface area contributed by atoms with Gasteiger partial charge in [0.2, 0.25) is 12.2 Å². The normalized spacial score (nSPS) is 18.8. The molecule has 2 N–H and O–H groups in total. The second-order valence-corrected chi connectivity index (χ2v) is 8.73. The summed E-state index contributed by atoms with van der Waals surface area (Å²) in [5.41, 5.74) is 8.30. The molecule has 31 heavy (non-hydrogen) atoms. The zero-order valence-corrected chi connectivity index (χ0v) is 18.2. The molecule has 1 amide bonds. The highest BCUT2D eigenvalue weighted by molar-refractivity contribution is 5.91. The van der Waals surface area contributed by atoms with Crippen molar-refractivity contribution in [1.29, 1.82) is 0 Å². The highest BCUT2D eigenvalue weighted by atomic mass is 16.1. The van der Waals surface area contributed by atoms with Gasteiger partial charge in [-0.2, -0.15) is 0 Å². The Morgan fingerprint density at radius 2 is 1.61 bits per heavy atom. The molecule has 0 spiro atoms. The van der Waals surface area contributed by atoms with E-state index in [9.17, 15) is 9.59 Å². The Morgan fingerprint density at radius 1 is 1.03 bits per heavy atom. The van der Waals surface area contributed by atoms with E-state index in [-0.39, 0.29) is 23.7 Å². The van der Waals surface area contributed by atoms with Crippen LogP contribution in [0.3, 0.4) is 0 Å². The molecule has 1 fully saturated rings. The molecule has 0 bridgehead atoms. The van der Waals surface area contributed by atoms with Crippen LogP contribution in [0.1, 0.15) is 49.0 Å². The molecule has 4 rings (SSSR count). The number of carbonyl (C=O) groups is 2. The summed E-state index contributed by atoms with van der Waals surface area (Å²) in [6.45, 7) is 4.01. The maximum atomic E-state index is 13.2. The van der Waals surface area contributed by atoms with Gasteiger partial charge in [0, 0.05) is 6.92 Å². The van der Waals surface area contributed by atoms with E-state index in [2.05, 4.69) is 10.8 Å². The number of rotatable bonds is 7. The van der Waals surface area contributed by atoms with Crippen LogP contribution in [0.5, 0.6) is 0 Å². The average Bonchev–Trinajstić information content (AvgIpc) is 3.37. The Kier molecular flexibility index (Phi) is 5.77. The Bertz CT molecular complexity index is 1030. The van der Waals surface area contributed by atoms with E-state index in [1.165, 1.54) is 0 Å². The second-order valence-electron chi connectivity index (χ2n) is 8.73. The minimum atomic E-state index is -0.866. The van der Waals surface area contributed by atoms with Crippen molar-refractivity contribution < 1.29 is 14.2 Å². The fourth-order valence-corrected chi connectivity index (χ4v) is 5.33. The summed E-state index contributed by atoms with van der Waals surface area (Å²) in [7, 11) is 0. The SMILES string of the molecule is CC(=O)Cn1c[n+]([C@H]2CC[C@H](C(C(N)=O)(c3ccccc3)c3ccccc3)C2)cc1C. The number of hydrogen-bond acceptors (Lipinski definition) is 2. The Morgan fingerprint density at radius 3 is 2.13 bits per heavy atom. The topological polar surface area (TPSA) is 69.0 Å². The van der Waals surface area contributed by atoms with E-state index in [1.54, 1.807) is 6.92 Å². The molecule has 1 aliphatic carbocycles. The molecular weight excluding hydrogens is 386 g/mol. The van der Waals surface area contributed by atoms with Crippen LogP contribution < -0.4 is 10.3 Å². The molecule has 1 aromatic heterocycles. The van der Waals surface area contributed by atoms with Gasteiger partial charge in [-0.15, -0.1) is 0 Å². The molecule has 1 aliphatic rings. The minimum absolute atomic E-state index is 0.0868. The van der Waals surface area contributed by atoms with Crippen molar-refractivity contribution in [1.82, 2.24) is 4.57 Å². The molecule has 5 nitrogen and oxygen atoms in total. The first kappa shape index (κ1) is 21.0. The van der Waals surface area contributed by atoms with Gasteiger partial charge in [-0.1, -0.05) is 60.7 Å². The third-order valence-electron chi connectivity index (χ3n) is 6.74. The number of carbonyl (C=O) groups excluding carboxylic acids is 2. The number of primary amides is 1. The molecule has 160 valence electrons. The first-order valence-electron chi connectivity index (χ1n) is 10.9. The number of amides is 1. The van der Waals surface area contributed by atoms with Crippen molar-refractivity contribution in [2.45, 2.75) is 51.1 Å². The van der Waals surface area contributed by atoms with E-state index < -0.39 is 5.41 Å². The summed E-state index contributed by atoms with van der Waals surface area (Å²) in [6.07, 6.45) is 6.85. The van der Waals surface area contributed by atoms with Crippen LogP contribution in [0.2, 0.25) is 0 Å². The van der Waals surface area contributed by atoms with E-state index in [1.807, 2.05) is 78.5 Å². The van der Waals surface area contributed by atoms with Gasteiger partial charge in [-0.25, -0.2) is 9.13 Å². The van der Waals surface area contributed by atoms with Gasteiger partial charge in [0.15, 0.2) is 5.78 Å². The lowest BCUT2D eigenvalue weighted by Gasteiger charge is -2.37. The summed E-state index contributed by atoms with van der Waals surface area (Å²) >= 11 is 0. The number of aromatic nitrogens is 2. The summed E-state index contributed by atoms with van der Waals surface area (Å²) in [5, 5.41) is 0. The van der Waals surface area contributed by atoms with Crippen LogP contribution in [0, 0.1) is 12.8 Å². The summed E-state index contributed by atoms with van der Waals surface area (Å²) in [4.78, 5) is 24.8. The predicted molar refractivity (Wildman–Crippen MR) is 119 cm³/mol. The van der Waals surface area contributed by atoms with Crippen molar-refractivity contribution in [2.75, 3.05) is 0 Å². The fourth-order valence-electron chi connectivity index (χ4n) is 5.33. The molecule has 0 saturated heterocycles.